The zero-order valence-corrected chi connectivity index (χ0v) is 12.3. The van der Waals surface area contributed by atoms with E-state index < -0.39 is 0 Å². The minimum atomic E-state index is 0.182. The summed E-state index contributed by atoms with van der Waals surface area (Å²) in [5.41, 5.74) is 5.02. The predicted octanol–water partition coefficient (Wildman–Crippen LogP) is 3.13. The van der Waals surface area contributed by atoms with Gasteiger partial charge < -0.3 is 5.32 Å². The first-order chi connectivity index (χ1) is 9.11. The Kier molecular flexibility index (Phi) is 4.38. The van der Waals surface area contributed by atoms with Gasteiger partial charge in [-0.3, -0.25) is 4.68 Å². The molecule has 1 atom stereocenters. The summed E-state index contributed by atoms with van der Waals surface area (Å²) in [5, 5.41) is 8.17. The van der Waals surface area contributed by atoms with Crippen LogP contribution in [0.4, 0.5) is 0 Å². The van der Waals surface area contributed by atoms with Gasteiger partial charge in [0.15, 0.2) is 0 Å². The molecule has 0 bridgehead atoms. The third-order valence-corrected chi connectivity index (χ3v) is 3.37. The third kappa shape index (κ3) is 3.24. The number of hydrogen-bond donors (Lipinski definition) is 1. The topological polar surface area (TPSA) is 29.9 Å². The lowest BCUT2D eigenvalue weighted by Crippen LogP contribution is -2.24. The Hall–Kier alpha value is -1.61. The van der Waals surface area contributed by atoms with Crippen molar-refractivity contribution in [1.82, 2.24) is 15.1 Å². The molecule has 1 N–H and O–H groups in total. The highest BCUT2D eigenvalue weighted by Crippen LogP contribution is 2.24. The van der Waals surface area contributed by atoms with Gasteiger partial charge in [0.05, 0.1) is 11.7 Å². The molecule has 0 fully saturated rings. The monoisotopic (exact) mass is 257 g/mol. The largest absolute Gasteiger partial charge is 0.305 e. The van der Waals surface area contributed by atoms with E-state index >= 15 is 0 Å². The van der Waals surface area contributed by atoms with Crippen molar-refractivity contribution in [2.45, 2.75) is 33.2 Å². The second kappa shape index (κ2) is 6.02. The molecule has 1 heterocycles. The molecule has 0 spiro atoms. The van der Waals surface area contributed by atoms with E-state index in [0.717, 1.165) is 18.7 Å². The van der Waals surface area contributed by atoms with Crippen molar-refractivity contribution >= 4 is 0 Å². The van der Waals surface area contributed by atoms with Gasteiger partial charge in [-0.15, -0.1) is 0 Å². The Balaban J connectivity index is 2.39. The van der Waals surface area contributed by atoms with Crippen LogP contribution in [0.2, 0.25) is 0 Å². The first kappa shape index (κ1) is 13.8. The van der Waals surface area contributed by atoms with Crippen molar-refractivity contribution < 1.29 is 0 Å². The maximum atomic E-state index is 4.57. The van der Waals surface area contributed by atoms with E-state index in [1.807, 2.05) is 17.9 Å². The van der Waals surface area contributed by atoms with Crippen LogP contribution in [0.3, 0.4) is 0 Å². The number of rotatable bonds is 5. The van der Waals surface area contributed by atoms with E-state index in [4.69, 9.17) is 0 Å². The van der Waals surface area contributed by atoms with Crippen LogP contribution in [-0.2, 0) is 7.05 Å². The summed E-state index contributed by atoms with van der Waals surface area (Å²) >= 11 is 0. The van der Waals surface area contributed by atoms with Crippen LogP contribution in [-0.4, -0.2) is 16.3 Å². The average Bonchev–Trinajstić information content (AvgIpc) is 2.80. The van der Waals surface area contributed by atoms with E-state index in [1.165, 1.54) is 16.7 Å². The summed E-state index contributed by atoms with van der Waals surface area (Å²) in [5.74, 6) is 0. The number of aromatic nitrogens is 2. The molecule has 0 aliphatic heterocycles. The van der Waals surface area contributed by atoms with Crippen LogP contribution in [0.25, 0.3) is 0 Å². The molecule has 0 radical (unpaired) electrons. The Morgan fingerprint density at radius 1 is 1.26 bits per heavy atom. The van der Waals surface area contributed by atoms with Gasteiger partial charge in [0.25, 0.3) is 0 Å². The molecule has 3 nitrogen and oxygen atoms in total. The van der Waals surface area contributed by atoms with Gasteiger partial charge in [0.2, 0.25) is 0 Å². The first-order valence-corrected chi connectivity index (χ1v) is 6.92. The van der Waals surface area contributed by atoms with Crippen molar-refractivity contribution in [2.75, 3.05) is 6.54 Å². The molecular weight excluding hydrogens is 234 g/mol. The molecule has 19 heavy (non-hydrogen) atoms. The van der Waals surface area contributed by atoms with Crippen LogP contribution in [0.15, 0.2) is 30.5 Å². The van der Waals surface area contributed by atoms with Crippen molar-refractivity contribution in [2.24, 2.45) is 7.05 Å². The number of nitrogens with one attached hydrogen (secondary N) is 1. The average molecular weight is 257 g/mol. The Labute approximate surface area is 115 Å². The molecule has 1 aromatic carbocycles. The summed E-state index contributed by atoms with van der Waals surface area (Å²) in [6.07, 6.45) is 3.12. The molecule has 0 saturated heterocycles. The van der Waals surface area contributed by atoms with Crippen molar-refractivity contribution in [1.29, 1.82) is 0 Å². The van der Waals surface area contributed by atoms with E-state index in [9.17, 15) is 0 Å². The molecule has 2 aromatic rings. The molecule has 102 valence electrons. The maximum absolute atomic E-state index is 4.57. The van der Waals surface area contributed by atoms with Crippen LogP contribution >= 0.6 is 0 Å². The number of aryl methyl sites for hydroxylation is 3. The van der Waals surface area contributed by atoms with Crippen LogP contribution in [0.5, 0.6) is 0 Å². The smallest absolute Gasteiger partial charge is 0.0839 e. The predicted molar refractivity (Wildman–Crippen MR) is 79.3 cm³/mol. The summed E-state index contributed by atoms with van der Waals surface area (Å²) in [4.78, 5) is 0. The zero-order chi connectivity index (χ0) is 13.8. The highest BCUT2D eigenvalue weighted by Gasteiger charge is 2.17. The van der Waals surface area contributed by atoms with E-state index in [0.29, 0.717) is 0 Å². The van der Waals surface area contributed by atoms with Gasteiger partial charge in [0, 0.05) is 13.2 Å². The minimum absolute atomic E-state index is 0.182. The van der Waals surface area contributed by atoms with Crippen molar-refractivity contribution in [3.63, 3.8) is 0 Å². The van der Waals surface area contributed by atoms with Crippen LogP contribution in [0, 0.1) is 13.8 Å². The number of nitrogens with zero attached hydrogens (tertiary/aromatic N) is 2. The Morgan fingerprint density at radius 3 is 2.68 bits per heavy atom. The summed E-state index contributed by atoms with van der Waals surface area (Å²) in [6, 6.07) is 8.88. The fourth-order valence-electron chi connectivity index (χ4n) is 2.32. The lowest BCUT2D eigenvalue weighted by Gasteiger charge is -2.19. The van der Waals surface area contributed by atoms with Gasteiger partial charge in [0.1, 0.15) is 0 Å². The molecule has 0 saturated carbocycles. The molecule has 2 rings (SSSR count). The minimum Gasteiger partial charge on any atom is -0.305 e. The third-order valence-electron chi connectivity index (χ3n) is 3.37. The van der Waals surface area contributed by atoms with E-state index in [2.05, 4.69) is 55.5 Å². The molecule has 1 aromatic heterocycles. The van der Waals surface area contributed by atoms with Crippen LogP contribution in [0.1, 0.15) is 41.8 Å². The Bertz CT molecular complexity index is 543. The Morgan fingerprint density at radius 2 is 2.05 bits per heavy atom. The van der Waals surface area contributed by atoms with E-state index in [-0.39, 0.29) is 6.04 Å². The van der Waals surface area contributed by atoms with Gasteiger partial charge in [-0.2, -0.15) is 5.10 Å². The van der Waals surface area contributed by atoms with E-state index in [1.54, 1.807) is 0 Å². The van der Waals surface area contributed by atoms with Crippen LogP contribution < -0.4 is 5.32 Å². The van der Waals surface area contributed by atoms with Crippen molar-refractivity contribution in [3.8, 4) is 0 Å². The quantitative estimate of drug-likeness (QED) is 0.892. The molecule has 0 amide bonds. The fraction of sp³-hybridized carbons (Fsp3) is 0.438. The van der Waals surface area contributed by atoms with Crippen molar-refractivity contribution in [3.05, 3.63) is 52.8 Å². The lowest BCUT2D eigenvalue weighted by molar-refractivity contribution is 0.573. The van der Waals surface area contributed by atoms with Gasteiger partial charge in [-0.05, 0) is 44.0 Å². The second-order valence-corrected chi connectivity index (χ2v) is 5.16. The standard InChI is InChI=1S/C16H23N3/c1-5-9-17-16(15-8-10-19(4)18-15)14-11-12(2)6-7-13(14)3/h6-8,10-11,16-17H,5,9H2,1-4H3. The second-order valence-electron chi connectivity index (χ2n) is 5.16. The molecule has 3 heteroatoms. The maximum Gasteiger partial charge on any atom is 0.0839 e. The van der Waals surface area contributed by atoms with Gasteiger partial charge in [-0.25, -0.2) is 0 Å². The van der Waals surface area contributed by atoms with Gasteiger partial charge >= 0.3 is 0 Å². The fourth-order valence-corrected chi connectivity index (χ4v) is 2.32. The number of hydrogen-bond acceptors (Lipinski definition) is 2. The normalized spacial score (nSPS) is 12.6. The molecule has 0 aliphatic carbocycles. The summed E-state index contributed by atoms with van der Waals surface area (Å²) in [7, 11) is 1.96. The summed E-state index contributed by atoms with van der Waals surface area (Å²) in [6.45, 7) is 7.48. The van der Waals surface area contributed by atoms with Gasteiger partial charge in [-0.1, -0.05) is 30.7 Å². The SMILES string of the molecule is CCCNC(c1ccn(C)n1)c1cc(C)ccc1C. The highest BCUT2D eigenvalue weighted by molar-refractivity contribution is 5.37. The number of benzene rings is 1. The molecule has 1 unspecified atom stereocenters. The molecular formula is C16H23N3. The summed E-state index contributed by atoms with van der Waals surface area (Å²) < 4.78 is 1.86. The highest BCUT2D eigenvalue weighted by atomic mass is 15.3. The zero-order valence-electron chi connectivity index (χ0n) is 12.3. The first-order valence-electron chi connectivity index (χ1n) is 6.92. The molecule has 0 aliphatic rings. The lowest BCUT2D eigenvalue weighted by atomic mass is 9.96.